The molecule has 1 aliphatic carbocycles. The Morgan fingerprint density at radius 3 is 2.61 bits per heavy atom. The lowest BCUT2D eigenvalue weighted by Gasteiger charge is -2.35. The lowest BCUT2D eigenvalue weighted by atomic mass is 9.95. The number of rotatable bonds is 9. The van der Waals surface area contributed by atoms with Crippen molar-refractivity contribution in [1.29, 1.82) is 0 Å². The predicted octanol–water partition coefficient (Wildman–Crippen LogP) is 2.11. The first-order valence-electron chi connectivity index (χ1n) is 12.7. The Morgan fingerprint density at radius 1 is 1.17 bits per heavy atom. The number of nitrogen functional groups attached to an aromatic ring is 1. The van der Waals surface area contributed by atoms with Crippen molar-refractivity contribution < 1.29 is 14.3 Å². The summed E-state index contributed by atoms with van der Waals surface area (Å²) < 4.78 is 6.79. The van der Waals surface area contributed by atoms with Gasteiger partial charge in [0, 0.05) is 31.1 Å². The number of para-hydroxylation sites is 1. The molecule has 1 unspecified atom stereocenters. The number of methoxy groups -OCH3 is 1. The van der Waals surface area contributed by atoms with E-state index in [2.05, 4.69) is 4.98 Å². The zero-order chi connectivity index (χ0) is 25.8. The highest BCUT2D eigenvalue weighted by Gasteiger charge is 2.38. The number of hydrogen-bond donors (Lipinski definition) is 2. The number of nitrogens with one attached hydrogen (secondary N) is 1. The van der Waals surface area contributed by atoms with Gasteiger partial charge >= 0.3 is 5.69 Å². The van der Waals surface area contributed by atoms with Crippen molar-refractivity contribution in [2.24, 2.45) is 11.8 Å². The third kappa shape index (κ3) is 5.32. The molecular weight excluding hydrogens is 462 g/mol. The second kappa shape index (κ2) is 11.0. The number of anilines is 2. The van der Waals surface area contributed by atoms with Gasteiger partial charge in [-0.3, -0.25) is 28.8 Å². The Balaban J connectivity index is 1.74. The molecule has 10 heteroatoms. The zero-order valence-electron chi connectivity index (χ0n) is 21.0. The van der Waals surface area contributed by atoms with E-state index >= 15 is 0 Å². The molecule has 0 bridgehead atoms. The van der Waals surface area contributed by atoms with Crippen molar-refractivity contribution in [2.45, 2.75) is 58.5 Å². The van der Waals surface area contributed by atoms with E-state index in [4.69, 9.17) is 10.5 Å². The van der Waals surface area contributed by atoms with Crippen molar-refractivity contribution in [2.75, 3.05) is 30.8 Å². The number of likely N-dealkylation sites (tertiary alicyclic amines) is 1. The van der Waals surface area contributed by atoms with Crippen LogP contribution < -0.4 is 26.6 Å². The number of unbranched alkanes of at least 4 members (excludes halogenated alkanes) is 1. The number of nitrogens with zero attached hydrogens (tertiary/aromatic N) is 3. The van der Waals surface area contributed by atoms with Crippen LogP contribution in [0.4, 0.5) is 11.5 Å². The summed E-state index contributed by atoms with van der Waals surface area (Å²) in [6.45, 7) is 3.30. The third-order valence-corrected chi connectivity index (χ3v) is 7.02. The smallest absolute Gasteiger partial charge is 0.330 e. The zero-order valence-corrected chi connectivity index (χ0v) is 21.0. The average molecular weight is 498 g/mol. The summed E-state index contributed by atoms with van der Waals surface area (Å²) in [5.74, 6) is -0.0718. The van der Waals surface area contributed by atoms with Crippen molar-refractivity contribution in [1.82, 2.24) is 14.5 Å². The van der Waals surface area contributed by atoms with Gasteiger partial charge in [-0.1, -0.05) is 31.5 Å². The van der Waals surface area contributed by atoms with E-state index in [-0.39, 0.29) is 35.8 Å². The van der Waals surface area contributed by atoms with Crippen molar-refractivity contribution in [3.05, 3.63) is 50.7 Å². The molecule has 36 heavy (non-hydrogen) atoms. The number of nitrogens with two attached hydrogens (primary N) is 1. The highest BCUT2D eigenvalue weighted by atomic mass is 16.5. The highest BCUT2D eigenvalue weighted by Crippen LogP contribution is 2.33. The molecule has 1 saturated heterocycles. The minimum Gasteiger partial charge on any atom is -0.496 e. The van der Waals surface area contributed by atoms with Crippen molar-refractivity contribution in [3.63, 3.8) is 0 Å². The minimum atomic E-state index is -0.713. The van der Waals surface area contributed by atoms with E-state index in [1.54, 1.807) is 18.1 Å². The number of amides is 2. The summed E-state index contributed by atoms with van der Waals surface area (Å²) in [6.07, 6.45) is 4.63. The van der Waals surface area contributed by atoms with Crippen LogP contribution in [0.2, 0.25) is 0 Å². The van der Waals surface area contributed by atoms with Crippen LogP contribution in [0, 0.1) is 11.8 Å². The molecule has 1 aromatic heterocycles. The number of benzene rings is 1. The van der Waals surface area contributed by atoms with Gasteiger partial charge in [0.2, 0.25) is 11.8 Å². The maximum atomic E-state index is 14.0. The van der Waals surface area contributed by atoms with Gasteiger partial charge in [-0.2, -0.15) is 0 Å². The topological polar surface area (TPSA) is 131 Å². The van der Waals surface area contributed by atoms with Crippen LogP contribution in [0.1, 0.15) is 51.0 Å². The van der Waals surface area contributed by atoms with Crippen LogP contribution >= 0.6 is 0 Å². The number of piperidine rings is 1. The van der Waals surface area contributed by atoms with Crippen molar-refractivity contribution in [3.8, 4) is 5.75 Å². The van der Waals surface area contributed by atoms with Gasteiger partial charge in [0.15, 0.2) is 5.69 Å². The van der Waals surface area contributed by atoms with Gasteiger partial charge in [-0.25, -0.2) is 4.79 Å². The molecule has 2 fully saturated rings. The van der Waals surface area contributed by atoms with E-state index in [1.165, 1.54) is 9.47 Å². The summed E-state index contributed by atoms with van der Waals surface area (Å²) in [5.41, 5.74) is 5.73. The molecule has 2 aliphatic rings. The van der Waals surface area contributed by atoms with Gasteiger partial charge in [0.1, 0.15) is 11.6 Å². The SMILES string of the molecule is CCCCn1c(N)c(N(Cc2ccccc2OC)C(=O)C2CCCN(C(=O)C3CC3)C2)c(=O)[nH]c1=O. The van der Waals surface area contributed by atoms with E-state index < -0.39 is 17.2 Å². The monoisotopic (exact) mass is 497 g/mol. The van der Waals surface area contributed by atoms with E-state index in [9.17, 15) is 19.2 Å². The van der Waals surface area contributed by atoms with E-state index in [1.807, 2.05) is 25.1 Å². The summed E-state index contributed by atoms with van der Waals surface area (Å²) in [6, 6.07) is 7.25. The first-order valence-corrected chi connectivity index (χ1v) is 12.7. The highest BCUT2D eigenvalue weighted by molar-refractivity contribution is 5.97. The summed E-state index contributed by atoms with van der Waals surface area (Å²) in [4.78, 5) is 57.8. The Bertz CT molecular complexity index is 1230. The number of hydrogen-bond acceptors (Lipinski definition) is 6. The molecule has 10 nitrogen and oxygen atoms in total. The summed E-state index contributed by atoms with van der Waals surface area (Å²) in [7, 11) is 1.54. The minimum absolute atomic E-state index is 0.0369. The standard InChI is InChI=1S/C26H35N5O5/c1-3-4-14-30-22(27)21(23(32)28-26(30)35)31(16-18-8-5-6-10-20(18)36-2)25(34)19-9-7-13-29(15-19)24(33)17-11-12-17/h5-6,8,10,17,19H,3-4,7,9,11-16,27H2,1-2H3,(H,28,32,35). The summed E-state index contributed by atoms with van der Waals surface area (Å²) >= 11 is 0. The molecule has 2 aromatic rings. The molecule has 3 N–H and O–H groups in total. The van der Waals surface area contributed by atoms with Crippen LogP contribution in [0.25, 0.3) is 0 Å². The van der Waals surface area contributed by atoms with Crippen LogP contribution in [0.5, 0.6) is 5.75 Å². The lowest BCUT2D eigenvalue weighted by Crippen LogP contribution is -2.49. The quantitative estimate of drug-likeness (QED) is 0.546. The third-order valence-electron chi connectivity index (χ3n) is 7.02. The fourth-order valence-corrected chi connectivity index (χ4v) is 4.84. The normalized spacial score (nSPS) is 17.6. The summed E-state index contributed by atoms with van der Waals surface area (Å²) in [5, 5.41) is 0. The predicted molar refractivity (Wildman–Crippen MR) is 137 cm³/mol. The lowest BCUT2D eigenvalue weighted by molar-refractivity contribution is -0.136. The molecule has 1 aliphatic heterocycles. The Labute approximate surface area is 210 Å². The molecule has 2 heterocycles. The fraction of sp³-hybridized carbons (Fsp3) is 0.538. The van der Waals surface area contributed by atoms with Gasteiger partial charge in [-0.05, 0) is 38.2 Å². The Morgan fingerprint density at radius 2 is 1.92 bits per heavy atom. The second-order valence-corrected chi connectivity index (χ2v) is 9.63. The molecule has 0 spiro atoms. The number of H-pyrrole nitrogens is 1. The van der Waals surface area contributed by atoms with Gasteiger partial charge in [0.05, 0.1) is 19.6 Å². The molecule has 1 atom stereocenters. The maximum absolute atomic E-state index is 14.0. The molecule has 1 saturated carbocycles. The Hall–Kier alpha value is -3.56. The fourth-order valence-electron chi connectivity index (χ4n) is 4.84. The maximum Gasteiger partial charge on any atom is 0.330 e. The molecule has 2 amide bonds. The molecule has 4 rings (SSSR count). The number of carbonyl (C=O) groups excluding carboxylic acids is 2. The van der Waals surface area contributed by atoms with E-state index in [0.29, 0.717) is 50.2 Å². The van der Waals surface area contributed by atoms with Gasteiger partial charge in [-0.15, -0.1) is 0 Å². The number of ether oxygens (including phenoxy) is 1. The number of carbonyl (C=O) groups is 2. The van der Waals surface area contributed by atoms with Crippen molar-refractivity contribution >= 4 is 23.3 Å². The second-order valence-electron chi connectivity index (χ2n) is 9.63. The van der Waals surface area contributed by atoms with Crippen LogP contribution in [-0.2, 0) is 22.7 Å². The molecular formula is C26H35N5O5. The number of aromatic amines is 1. The van der Waals surface area contributed by atoms with Crippen LogP contribution in [-0.4, -0.2) is 46.5 Å². The molecule has 194 valence electrons. The Kier molecular flexibility index (Phi) is 7.81. The van der Waals surface area contributed by atoms with Gasteiger partial charge in [0.25, 0.3) is 5.56 Å². The average Bonchev–Trinajstić information content (AvgIpc) is 3.73. The first kappa shape index (κ1) is 25.5. The largest absolute Gasteiger partial charge is 0.496 e. The van der Waals surface area contributed by atoms with Crippen LogP contribution in [0.15, 0.2) is 33.9 Å². The molecule has 1 aromatic carbocycles. The van der Waals surface area contributed by atoms with E-state index in [0.717, 1.165) is 19.3 Å². The first-order chi connectivity index (χ1) is 17.3. The molecule has 0 radical (unpaired) electrons. The van der Waals surface area contributed by atoms with Gasteiger partial charge < -0.3 is 15.4 Å². The number of aromatic nitrogens is 2. The van der Waals surface area contributed by atoms with Crippen LogP contribution in [0.3, 0.4) is 0 Å².